The first-order chi connectivity index (χ1) is 14.1. The van der Waals surface area contributed by atoms with Crippen LogP contribution in [0.5, 0.6) is 5.75 Å². The number of rotatable bonds is 10. The standard InChI is InChI=1S/C23H31FN2O3.2ClH/c1-2-19-3-9-23(10-4-19)29-16-15-28-18-22(27)17-25-11-13-26(14-12-25)21-7-5-20(24)6-8-21;;/h3-10,22,27H,2,11-18H2,1H3;2*1H. The number of benzene rings is 2. The number of hydrogen-bond donors (Lipinski definition) is 1. The van der Waals surface area contributed by atoms with E-state index in [0.29, 0.717) is 26.4 Å². The minimum Gasteiger partial charge on any atom is -0.491 e. The van der Waals surface area contributed by atoms with Crippen molar-refractivity contribution in [2.75, 3.05) is 57.4 Å². The molecule has 0 spiro atoms. The molecular weight excluding hydrogens is 442 g/mol. The number of β-amino-alcohol motifs (C(OH)–C–C–N with tert-alkyl or cyclic N) is 1. The molecule has 0 bridgehead atoms. The second-order valence-corrected chi connectivity index (χ2v) is 7.34. The van der Waals surface area contributed by atoms with Gasteiger partial charge in [-0.1, -0.05) is 19.1 Å². The van der Waals surface area contributed by atoms with E-state index in [9.17, 15) is 9.50 Å². The first kappa shape index (κ1) is 27.5. The van der Waals surface area contributed by atoms with Crippen LogP contribution in [0.2, 0.25) is 0 Å². The summed E-state index contributed by atoms with van der Waals surface area (Å²) in [6, 6.07) is 14.7. The molecule has 0 radical (unpaired) electrons. The average Bonchev–Trinajstić information content (AvgIpc) is 2.75. The number of aliphatic hydroxyl groups excluding tert-OH is 1. The van der Waals surface area contributed by atoms with E-state index in [4.69, 9.17) is 9.47 Å². The molecule has 2 aromatic rings. The molecule has 5 nitrogen and oxygen atoms in total. The fourth-order valence-electron chi connectivity index (χ4n) is 3.45. The van der Waals surface area contributed by atoms with Crippen LogP contribution in [0.3, 0.4) is 0 Å². The van der Waals surface area contributed by atoms with Gasteiger partial charge in [-0.15, -0.1) is 24.8 Å². The smallest absolute Gasteiger partial charge is 0.123 e. The maximum absolute atomic E-state index is 13.0. The van der Waals surface area contributed by atoms with Gasteiger partial charge >= 0.3 is 0 Å². The topological polar surface area (TPSA) is 45.2 Å². The zero-order valence-electron chi connectivity index (χ0n) is 17.9. The molecule has 0 aromatic heterocycles. The van der Waals surface area contributed by atoms with Gasteiger partial charge in [-0.3, -0.25) is 4.90 Å². The maximum atomic E-state index is 13.0. The van der Waals surface area contributed by atoms with Crippen LogP contribution in [0.15, 0.2) is 48.5 Å². The number of hydrogen-bond acceptors (Lipinski definition) is 5. The van der Waals surface area contributed by atoms with Gasteiger partial charge in [-0.05, 0) is 48.4 Å². The molecule has 0 amide bonds. The zero-order chi connectivity index (χ0) is 20.5. The van der Waals surface area contributed by atoms with Crippen LogP contribution in [-0.2, 0) is 11.2 Å². The van der Waals surface area contributed by atoms with Crippen LogP contribution in [0.25, 0.3) is 0 Å². The largest absolute Gasteiger partial charge is 0.491 e. The van der Waals surface area contributed by atoms with Crippen molar-refractivity contribution < 1.29 is 19.0 Å². The van der Waals surface area contributed by atoms with Crippen LogP contribution >= 0.6 is 24.8 Å². The molecule has 1 N–H and O–H groups in total. The molecule has 0 aliphatic carbocycles. The van der Waals surface area contributed by atoms with Gasteiger partial charge in [0.2, 0.25) is 0 Å². The quantitative estimate of drug-likeness (QED) is 0.530. The third-order valence-electron chi connectivity index (χ3n) is 5.17. The predicted molar refractivity (Wildman–Crippen MR) is 128 cm³/mol. The predicted octanol–water partition coefficient (Wildman–Crippen LogP) is 3.81. The van der Waals surface area contributed by atoms with Gasteiger partial charge < -0.3 is 19.5 Å². The number of halogens is 3. The molecule has 174 valence electrons. The highest BCUT2D eigenvalue weighted by molar-refractivity contribution is 5.85. The summed E-state index contributed by atoms with van der Waals surface area (Å²) in [5.41, 5.74) is 2.33. The molecule has 31 heavy (non-hydrogen) atoms. The Morgan fingerprint density at radius 2 is 1.58 bits per heavy atom. The van der Waals surface area contributed by atoms with Crippen LogP contribution < -0.4 is 9.64 Å². The molecule has 8 heteroatoms. The molecular formula is C23H33Cl2FN2O3. The Kier molecular flexibility index (Phi) is 12.8. The summed E-state index contributed by atoms with van der Waals surface area (Å²) in [4.78, 5) is 4.48. The number of piperazine rings is 1. The number of aliphatic hydroxyl groups is 1. The number of ether oxygens (including phenoxy) is 2. The fraction of sp³-hybridized carbons (Fsp3) is 0.478. The Bertz CT molecular complexity index is 727. The van der Waals surface area contributed by atoms with Crippen molar-refractivity contribution >= 4 is 30.5 Å². The Labute approximate surface area is 197 Å². The van der Waals surface area contributed by atoms with E-state index < -0.39 is 6.10 Å². The van der Waals surface area contributed by atoms with E-state index in [1.165, 1.54) is 17.7 Å². The summed E-state index contributed by atoms with van der Waals surface area (Å²) in [7, 11) is 0. The van der Waals surface area contributed by atoms with Gasteiger partial charge in [0.15, 0.2) is 0 Å². The Morgan fingerprint density at radius 1 is 0.935 bits per heavy atom. The Balaban J connectivity index is 0.00000240. The average molecular weight is 475 g/mol. The second-order valence-electron chi connectivity index (χ2n) is 7.34. The van der Waals surface area contributed by atoms with E-state index in [-0.39, 0.29) is 30.6 Å². The lowest BCUT2D eigenvalue weighted by atomic mass is 10.2. The molecule has 3 rings (SSSR count). The van der Waals surface area contributed by atoms with Gasteiger partial charge in [-0.2, -0.15) is 0 Å². The molecule has 1 aliphatic rings. The summed E-state index contributed by atoms with van der Waals surface area (Å²) >= 11 is 0. The van der Waals surface area contributed by atoms with E-state index in [1.807, 2.05) is 24.3 Å². The maximum Gasteiger partial charge on any atom is 0.123 e. The van der Waals surface area contributed by atoms with Crippen molar-refractivity contribution in [1.82, 2.24) is 4.90 Å². The number of aryl methyl sites for hydroxylation is 1. The third-order valence-corrected chi connectivity index (χ3v) is 5.17. The number of nitrogens with zero attached hydrogens (tertiary/aromatic N) is 2. The summed E-state index contributed by atoms with van der Waals surface area (Å²) in [5.74, 6) is 0.626. The summed E-state index contributed by atoms with van der Waals surface area (Å²) in [5, 5.41) is 10.2. The van der Waals surface area contributed by atoms with Gasteiger partial charge in [0.25, 0.3) is 0 Å². The molecule has 0 saturated carbocycles. The molecule has 1 fully saturated rings. The second kappa shape index (κ2) is 14.5. The van der Waals surface area contributed by atoms with E-state index in [1.54, 1.807) is 0 Å². The van der Waals surface area contributed by atoms with Crippen molar-refractivity contribution in [2.24, 2.45) is 0 Å². The van der Waals surface area contributed by atoms with Gasteiger partial charge in [0, 0.05) is 38.4 Å². The summed E-state index contributed by atoms with van der Waals surface area (Å²) in [6.07, 6.45) is 0.499. The lowest BCUT2D eigenvalue weighted by Crippen LogP contribution is -2.49. The highest BCUT2D eigenvalue weighted by atomic mass is 35.5. The molecule has 1 aliphatic heterocycles. The van der Waals surface area contributed by atoms with E-state index in [2.05, 4.69) is 28.9 Å². The van der Waals surface area contributed by atoms with Crippen LogP contribution in [-0.4, -0.2) is 68.7 Å². The van der Waals surface area contributed by atoms with Gasteiger partial charge in [-0.25, -0.2) is 4.39 Å². The highest BCUT2D eigenvalue weighted by Gasteiger charge is 2.19. The first-order valence-electron chi connectivity index (χ1n) is 10.3. The first-order valence-corrected chi connectivity index (χ1v) is 10.3. The monoisotopic (exact) mass is 474 g/mol. The normalized spacial score (nSPS) is 15.0. The lowest BCUT2D eigenvalue weighted by Gasteiger charge is -2.36. The SMILES string of the molecule is CCc1ccc(OCCOCC(O)CN2CCN(c3ccc(F)cc3)CC2)cc1.Cl.Cl. The molecule has 1 atom stereocenters. The van der Waals surface area contributed by atoms with Crippen LogP contribution in [0, 0.1) is 5.82 Å². The van der Waals surface area contributed by atoms with Crippen LogP contribution in [0.1, 0.15) is 12.5 Å². The van der Waals surface area contributed by atoms with Crippen molar-refractivity contribution in [3.05, 3.63) is 59.9 Å². The Morgan fingerprint density at radius 3 is 2.19 bits per heavy atom. The van der Waals surface area contributed by atoms with E-state index >= 15 is 0 Å². The van der Waals surface area contributed by atoms with Crippen molar-refractivity contribution in [3.8, 4) is 5.75 Å². The van der Waals surface area contributed by atoms with Gasteiger partial charge in [0.05, 0.1) is 19.3 Å². The van der Waals surface area contributed by atoms with Crippen molar-refractivity contribution in [1.29, 1.82) is 0 Å². The fourth-order valence-corrected chi connectivity index (χ4v) is 3.45. The lowest BCUT2D eigenvalue weighted by molar-refractivity contribution is 0.00718. The highest BCUT2D eigenvalue weighted by Crippen LogP contribution is 2.17. The van der Waals surface area contributed by atoms with Crippen molar-refractivity contribution in [2.45, 2.75) is 19.4 Å². The van der Waals surface area contributed by atoms with Gasteiger partial charge in [0.1, 0.15) is 18.2 Å². The van der Waals surface area contributed by atoms with Crippen LogP contribution in [0.4, 0.5) is 10.1 Å². The minimum atomic E-state index is -0.517. The minimum absolute atomic E-state index is 0. The van der Waals surface area contributed by atoms with Crippen molar-refractivity contribution in [3.63, 3.8) is 0 Å². The summed E-state index contributed by atoms with van der Waals surface area (Å²) in [6.45, 7) is 7.40. The molecule has 1 heterocycles. The molecule has 2 aromatic carbocycles. The zero-order valence-corrected chi connectivity index (χ0v) is 19.5. The molecule has 1 unspecified atom stereocenters. The summed E-state index contributed by atoms with van der Waals surface area (Å²) < 4.78 is 24.3. The number of anilines is 1. The third kappa shape index (κ3) is 9.21. The van der Waals surface area contributed by atoms with E-state index in [0.717, 1.165) is 44.0 Å². The Hall–Kier alpha value is -1.57. The molecule has 1 saturated heterocycles.